The van der Waals surface area contributed by atoms with Gasteiger partial charge >= 0.3 is 0 Å². The molecule has 0 aliphatic heterocycles. The van der Waals surface area contributed by atoms with Gasteiger partial charge in [0, 0.05) is 11.5 Å². The molecule has 1 heterocycles. The highest BCUT2D eigenvalue weighted by Gasteiger charge is 2.29. The molecule has 1 unspecified atom stereocenters. The van der Waals surface area contributed by atoms with Crippen molar-refractivity contribution >= 4 is 37.9 Å². The molecule has 1 atom stereocenters. The lowest BCUT2D eigenvalue weighted by molar-refractivity contribution is 0.352. The Morgan fingerprint density at radius 3 is 2.12 bits per heavy atom. The first-order valence-corrected chi connectivity index (χ1v) is 11.1. The first-order chi connectivity index (χ1) is 16.0. The van der Waals surface area contributed by atoms with Crippen LogP contribution in [0.4, 0.5) is 26.3 Å². The second kappa shape index (κ2) is 8.91. The summed E-state index contributed by atoms with van der Waals surface area (Å²) < 4.78 is 100. The Hall–Kier alpha value is -3.12. The van der Waals surface area contributed by atoms with E-state index in [4.69, 9.17) is 0 Å². The van der Waals surface area contributed by atoms with Gasteiger partial charge in [-0.1, -0.05) is 0 Å². The third-order valence-corrected chi connectivity index (χ3v) is 6.43. The summed E-state index contributed by atoms with van der Waals surface area (Å²) in [7, 11) is 0. The molecule has 0 aliphatic carbocycles. The molecule has 0 spiro atoms. The standard InChI is InChI=1S/C22H10BrF6NO3S/c1-9-6-12(23)13(24)8-15(9)30-14-4-3-11(7-10(14)2-5-16(30)31)34(32)33-22-20(28)18(26)17(25)19(27)21(22)29/h2-8H,1H3. The second-order valence-electron chi connectivity index (χ2n) is 7.00. The van der Waals surface area contributed by atoms with Gasteiger partial charge in [-0.05, 0) is 64.8 Å². The molecule has 0 bridgehead atoms. The van der Waals surface area contributed by atoms with Gasteiger partial charge in [-0.2, -0.15) is 8.78 Å². The highest BCUT2D eigenvalue weighted by atomic mass is 79.9. The minimum atomic E-state index is -2.69. The predicted molar refractivity (Wildman–Crippen MR) is 115 cm³/mol. The average Bonchev–Trinajstić information content (AvgIpc) is 2.81. The molecule has 0 amide bonds. The van der Waals surface area contributed by atoms with E-state index in [1.54, 1.807) is 6.92 Å². The largest absolute Gasteiger partial charge is 0.390 e. The van der Waals surface area contributed by atoms with Gasteiger partial charge in [-0.3, -0.25) is 9.36 Å². The van der Waals surface area contributed by atoms with Crippen molar-refractivity contribution in [2.24, 2.45) is 0 Å². The molecule has 4 rings (SSSR count). The number of halogens is 7. The summed E-state index contributed by atoms with van der Waals surface area (Å²) in [6.07, 6.45) is 0. The van der Waals surface area contributed by atoms with E-state index in [0.29, 0.717) is 10.9 Å². The number of hydrogen-bond donors (Lipinski definition) is 0. The average molecular weight is 562 g/mol. The molecule has 0 fully saturated rings. The van der Waals surface area contributed by atoms with Crippen molar-refractivity contribution in [3.8, 4) is 11.4 Å². The summed E-state index contributed by atoms with van der Waals surface area (Å²) in [6.45, 7) is 1.66. The summed E-state index contributed by atoms with van der Waals surface area (Å²) in [5, 5.41) is 0.300. The molecule has 12 heteroatoms. The number of benzene rings is 3. The van der Waals surface area contributed by atoms with Crippen LogP contribution in [0, 0.1) is 41.8 Å². The van der Waals surface area contributed by atoms with Gasteiger partial charge in [0.2, 0.25) is 45.9 Å². The van der Waals surface area contributed by atoms with E-state index in [2.05, 4.69) is 20.1 Å². The van der Waals surface area contributed by atoms with E-state index in [1.165, 1.54) is 41.0 Å². The van der Waals surface area contributed by atoms with Crippen molar-refractivity contribution in [1.82, 2.24) is 4.57 Å². The quantitative estimate of drug-likeness (QED) is 0.174. The van der Waals surface area contributed by atoms with Crippen LogP contribution in [0.2, 0.25) is 0 Å². The lowest BCUT2D eigenvalue weighted by atomic mass is 10.1. The Bertz CT molecular complexity index is 1540. The normalized spacial score (nSPS) is 12.2. The van der Waals surface area contributed by atoms with Crippen molar-refractivity contribution in [3.63, 3.8) is 0 Å². The minimum absolute atomic E-state index is 0.194. The van der Waals surface area contributed by atoms with Crippen molar-refractivity contribution < 1.29 is 34.7 Å². The SMILES string of the molecule is Cc1cc(Br)c(F)cc1-n1c(=O)ccc2cc(S(=O)Oc3c(F)c(F)c(F)c(F)c3F)ccc21. The number of nitrogens with zero attached hydrogens (tertiary/aromatic N) is 1. The first-order valence-electron chi connectivity index (χ1n) is 9.24. The summed E-state index contributed by atoms with van der Waals surface area (Å²) >= 11 is 0.374. The molecule has 0 radical (unpaired) electrons. The zero-order valence-corrected chi connectivity index (χ0v) is 19.2. The predicted octanol–water partition coefficient (Wildman–Crippen LogP) is 6.00. The molecule has 4 aromatic rings. The summed E-state index contributed by atoms with van der Waals surface area (Å²) in [5.41, 5.74) is 0.575. The first kappa shape index (κ1) is 24.0. The lowest BCUT2D eigenvalue weighted by Crippen LogP contribution is -2.18. The van der Waals surface area contributed by atoms with E-state index in [-0.39, 0.29) is 20.6 Å². The highest BCUT2D eigenvalue weighted by molar-refractivity contribution is 9.10. The van der Waals surface area contributed by atoms with E-state index in [0.717, 1.165) is 6.07 Å². The van der Waals surface area contributed by atoms with Gasteiger partial charge in [-0.15, -0.1) is 0 Å². The molecule has 0 saturated heterocycles. The van der Waals surface area contributed by atoms with Crippen LogP contribution in [0.3, 0.4) is 0 Å². The number of aryl methyl sites for hydroxylation is 1. The maximum atomic E-state index is 14.1. The molecule has 176 valence electrons. The Labute approximate surface area is 198 Å². The van der Waals surface area contributed by atoms with Gasteiger partial charge in [0.15, 0.2) is 0 Å². The van der Waals surface area contributed by atoms with Crippen LogP contribution in [0.25, 0.3) is 16.6 Å². The molecule has 0 aliphatic rings. The Morgan fingerprint density at radius 2 is 1.47 bits per heavy atom. The molecule has 0 saturated carbocycles. The Morgan fingerprint density at radius 1 is 0.853 bits per heavy atom. The fourth-order valence-electron chi connectivity index (χ4n) is 3.23. The van der Waals surface area contributed by atoms with E-state index in [1.807, 2.05) is 0 Å². The van der Waals surface area contributed by atoms with Crippen LogP contribution < -0.4 is 9.74 Å². The van der Waals surface area contributed by atoms with Crippen LogP contribution in [0.15, 0.2) is 56.6 Å². The maximum absolute atomic E-state index is 14.1. The number of hydrogen-bond acceptors (Lipinski definition) is 3. The zero-order chi connectivity index (χ0) is 24.9. The summed E-state index contributed by atoms with van der Waals surface area (Å²) in [5.74, 6) is -13.7. The lowest BCUT2D eigenvalue weighted by Gasteiger charge is -2.14. The van der Waals surface area contributed by atoms with Crippen LogP contribution >= 0.6 is 15.9 Å². The number of rotatable bonds is 4. The summed E-state index contributed by atoms with van der Waals surface area (Å²) in [6, 6.07) is 8.89. The van der Waals surface area contributed by atoms with Crippen LogP contribution in [-0.2, 0) is 11.1 Å². The molecule has 3 aromatic carbocycles. The molecule has 4 nitrogen and oxygen atoms in total. The Balaban J connectivity index is 1.80. The van der Waals surface area contributed by atoms with Gasteiger partial charge in [0.25, 0.3) is 5.56 Å². The van der Waals surface area contributed by atoms with Crippen molar-refractivity contribution in [2.75, 3.05) is 0 Å². The van der Waals surface area contributed by atoms with E-state index in [9.17, 15) is 35.3 Å². The van der Waals surface area contributed by atoms with Crippen LogP contribution in [-0.4, -0.2) is 8.78 Å². The fraction of sp³-hybridized carbons (Fsp3) is 0.0455. The maximum Gasteiger partial charge on any atom is 0.255 e. The summed E-state index contributed by atoms with van der Waals surface area (Å²) in [4.78, 5) is 12.4. The van der Waals surface area contributed by atoms with E-state index < -0.39 is 57.3 Å². The second-order valence-corrected chi connectivity index (χ2v) is 8.96. The number of aromatic nitrogens is 1. The molecule has 34 heavy (non-hydrogen) atoms. The van der Waals surface area contributed by atoms with Crippen molar-refractivity contribution in [2.45, 2.75) is 11.8 Å². The monoisotopic (exact) mass is 561 g/mol. The minimum Gasteiger partial charge on any atom is -0.390 e. The van der Waals surface area contributed by atoms with Gasteiger partial charge in [0.05, 0.1) is 20.6 Å². The topological polar surface area (TPSA) is 48.3 Å². The molecule has 1 aromatic heterocycles. The Kier molecular flexibility index (Phi) is 6.30. The van der Waals surface area contributed by atoms with Gasteiger partial charge < -0.3 is 4.18 Å². The third kappa shape index (κ3) is 4.00. The van der Waals surface area contributed by atoms with Gasteiger partial charge in [-0.25, -0.2) is 21.8 Å². The highest BCUT2D eigenvalue weighted by Crippen LogP contribution is 2.31. The molecular weight excluding hydrogens is 552 g/mol. The van der Waals surface area contributed by atoms with E-state index >= 15 is 0 Å². The zero-order valence-electron chi connectivity index (χ0n) is 16.8. The number of fused-ring (bicyclic) bond motifs is 1. The van der Waals surface area contributed by atoms with Gasteiger partial charge in [0.1, 0.15) is 5.82 Å². The van der Waals surface area contributed by atoms with Crippen LogP contribution in [0.5, 0.6) is 5.75 Å². The molecular formula is C22H10BrF6NO3S. The van der Waals surface area contributed by atoms with Crippen LogP contribution in [0.1, 0.15) is 5.56 Å². The van der Waals surface area contributed by atoms with Crippen molar-refractivity contribution in [1.29, 1.82) is 0 Å². The smallest absolute Gasteiger partial charge is 0.255 e. The van der Waals surface area contributed by atoms with Crippen molar-refractivity contribution in [3.05, 3.63) is 97.8 Å². The molecule has 0 N–H and O–H groups in total. The fourth-order valence-corrected chi connectivity index (χ4v) is 4.49. The third-order valence-electron chi connectivity index (χ3n) is 4.87. The number of pyridine rings is 1.